The molecule has 0 radical (unpaired) electrons. The Morgan fingerprint density at radius 3 is 2.38 bits per heavy atom. The molecule has 1 aliphatic carbocycles. The van der Waals surface area contributed by atoms with E-state index >= 15 is 0 Å². The summed E-state index contributed by atoms with van der Waals surface area (Å²) in [6, 6.07) is 3.27. The summed E-state index contributed by atoms with van der Waals surface area (Å²) in [5.74, 6) is 5.13. The maximum absolute atomic E-state index is 13.0. The van der Waals surface area contributed by atoms with E-state index in [1.54, 1.807) is 20.8 Å². The molecule has 5 nitrogen and oxygen atoms in total. The standard InChI is InChI=1S/C16H21F3N2O3/c1-14(2,3)24-13(22)21-12-8-10(16(17,18)19)4-5-11(12)15(6-7-15)9-23-20/h4-5,8H,6-7,9,20H2,1-3H3,(H,21,22). The summed E-state index contributed by atoms with van der Waals surface area (Å²) in [5, 5.41) is 2.43. The average molecular weight is 346 g/mol. The number of rotatable bonds is 4. The van der Waals surface area contributed by atoms with Crippen LogP contribution in [-0.4, -0.2) is 18.3 Å². The zero-order chi connectivity index (χ0) is 18.2. The van der Waals surface area contributed by atoms with Crippen molar-refractivity contribution in [1.82, 2.24) is 0 Å². The highest BCUT2D eigenvalue weighted by molar-refractivity contribution is 5.86. The molecule has 1 amide bonds. The van der Waals surface area contributed by atoms with Crippen LogP contribution in [-0.2, 0) is 21.2 Å². The van der Waals surface area contributed by atoms with Gasteiger partial charge in [0.15, 0.2) is 0 Å². The largest absolute Gasteiger partial charge is 0.444 e. The maximum atomic E-state index is 13.0. The first-order valence-electron chi connectivity index (χ1n) is 7.50. The lowest BCUT2D eigenvalue weighted by Gasteiger charge is -2.23. The summed E-state index contributed by atoms with van der Waals surface area (Å²) < 4.78 is 44.1. The lowest BCUT2D eigenvalue weighted by molar-refractivity contribution is -0.137. The molecule has 1 saturated carbocycles. The van der Waals surface area contributed by atoms with E-state index in [1.807, 2.05) is 0 Å². The van der Waals surface area contributed by atoms with E-state index in [-0.39, 0.29) is 12.3 Å². The van der Waals surface area contributed by atoms with Crippen molar-refractivity contribution in [1.29, 1.82) is 0 Å². The van der Waals surface area contributed by atoms with Crippen molar-refractivity contribution in [3.8, 4) is 0 Å². The molecular formula is C16H21F3N2O3. The summed E-state index contributed by atoms with van der Waals surface area (Å²) in [4.78, 5) is 16.7. The van der Waals surface area contributed by atoms with Crippen LogP contribution in [0.4, 0.5) is 23.7 Å². The zero-order valence-corrected chi connectivity index (χ0v) is 13.8. The van der Waals surface area contributed by atoms with Crippen LogP contribution in [0.2, 0.25) is 0 Å². The highest BCUT2D eigenvalue weighted by Crippen LogP contribution is 2.51. The number of hydrogen-bond donors (Lipinski definition) is 2. The molecule has 0 saturated heterocycles. The van der Waals surface area contributed by atoms with Gasteiger partial charge < -0.3 is 9.57 Å². The summed E-state index contributed by atoms with van der Waals surface area (Å²) in [6.07, 6.45) is -3.88. The number of amides is 1. The summed E-state index contributed by atoms with van der Waals surface area (Å²) in [5.41, 5.74) is -1.45. The number of carbonyl (C=O) groups excluding carboxylic acids is 1. The quantitative estimate of drug-likeness (QED) is 0.809. The fourth-order valence-corrected chi connectivity index (χ4v) is 2.50. The minimum absolute atomic E-state index is 0.0635. The fraction of sp³-hybridized carbons (Fsp3) is 0.562. The Balaban J connectivity index is 2.36. The van der Waals surface area contributed by atoms with Crippen LogP contribution in [0.5, 0.6) is 0 Å². The van der Waals surface area contributed by atoms with Crippen LogP contribution >= 0.6 is 0 Å². The number of carbonyl (C=O) groups is 1. The van der Waals surface area contributed by atoms with Crippen molar-refractivity contribution in [3.63, 3.8) is 0 Å². The van der Waals surface area contributed by atoms with Crippen molar-refractivity contribution in [2.24, 2.45) is 5.90 Å². The smallest absolute Gasteiger partial charge is 0.416 e. The van der Waals surface area contributed by atoms with Gasteiger partial charge in [0.05, 0.1) is 12.2 Å². The molecule has 134 valence electrons. The zero-order valence-electron chi connectivity index (χ0n) is 13.8. The third kappa shape index (κ3) is 4.39. The summed E-state index contributed by atoms with van der Waals surface area (Å²) >= 11 is 0. The number of ether oxygens (including phenoxy) is 1. The third-order valence-electron chi connectivity index (χ3n) is 3.77. The first-order valence-corrected chi connectivity index (χ1v) is 7.50. The first-order chi connectivity index (χ1) is 11.0. The summed E-state index contributed by atoms with van der Waals surface area (Å²) in [6.45, 7) is 5.18. The molecule has 0 atom stereocenters. The Morgan fingerprint density at radius 2 is 1.92 bits per heavy atom. The number of benzene rings is 1. The lowest BCUT2D eigenvalue weighted by atomic mass is 9.93. The van der Waals surface area contributed by atoms with Gasteiger partial charge in [0.25, 0.3) is 0 Å². The van der Waals surface area contributed by atoms with Gasteiger partial charge in [-0.1, -0.05) is 6.07 Å². The van der Waals surface area contributed by atoms with Gasteiger partial charge in [-0.2, -0.15) is 13.2 Å². The number of halogens is 3. The third-order valence-corrected chi connectivity index (χ3v) is 3.77. The molecule has 1 aromatic rings. The molecule has 0 bridgehead atoms. The van der Waals surface area contributed by atoms with E-state index in [0.29, 0.717) is 5.56 Å². The Hall–Kier alpha value is -1.80. The topological polar surface area (TPSA) is 73.6 Å². The first kappa shape index (κ1) is 18.5. The molecule has 0 heterocycles. The van der Waals surface area contributed by atoms with Crippen LogP contribution in [0.25, 0.3) is 0 Å². The second kappa shape index (κ2) is 6.25. The molecule has 0 aliphatic heterocycles. The number of anilines is 1. The van der Waals surface area contributed by atoms with Crippen LogP contribution in [0.15, 0.2) is 18.2 Å². The van der Waals surface area contributed by atoms with Gasteiger partial charge in [-0.15, -0.1) is 0 Å². The van der Waals surface area contributed by atoms with Crippen molar-refractivity contribution >= 4 is 11.8 Å². The molecular weight excluding hydrogens is 325 g/mol. The van der Waals surface area contributed by atoms with E-state index in [9.17, 15) is 18.0 Å². The van der Waals surface area contributed by atoms with E-state index < -0.39 is 28.8 Å². The van der Waals surface area contributed by atoms with Crippen molar-refractivity contribution in [3.05, 3.63) is 29.3 Å². The Labute approximate surface area is 138 Å². The molecule has 1 aliphatic rings. The summed E-state index contributed by atoms with van der Waals surface area (Å²) in [7, 11) is 0. The molecule has 0 unspecified atom stereocenters. The minimum Gasteiger partial charge on any atom is -0.444 e. The Kier molecular flexibility index (Phi) is 4.83. The van der Waals surface area contributed by atoms with Crippen molar-refractivity contribution in [2.45, 2.75) is 50.8 Å². The number of hydrogen-bond acceptors (Lipinski definition) is 4. The van der Waals surface area contributed by atoms with Gasteiger partial charge in [0, 0.05) is 11.1 Å². The molecule has 0 spiro atoms. The number of nitrogens with two attached hydrogens (primary N) is 1. The van der Waals surface area contributed by atoms with Gasteiger partial charge in [-0.3, -0.25) is 5.32 Å². The molecule has 1 fully saturated rings. The van der Waals surface area contributed by atoms with Gasteiger partial charge in [-0.05, 0) is 51.3 Å². The maximum Gasteiger partial charge on any atom is 0.416 e. The van der Waals surface area contributed by atoms with Crippen LogP contribution in [0.3, 0.4) is 0 Å². The molecule has 0 aromatic heterocycles. The van der Waals surface area contributed by atoms with Crippen LogP contribution in [0, 0.1) is 0 Å². The highest BCUT2D eigenvalue weighted by atomic mass is 19.4. The van der Waals surface area contributed by atoms with E-state index in [4.69, 9.17) is 15.5 Å². The number of alkyl halides is 3. The normalized spacial score (nSPS) is 16.6. The minimum atomic E-state index is -4.51. The van der Waals surface area contributed by atoms with Crippen LogP contribution < -0.4 is 11.2 Å². The van der Waals surface area contributed by atoms with E-state index in [0.717, 1.165) is 25.0 Å². The molecule has 2 rings (SSSR count). The Morgan fingerprint density at radius 1 is 1.29 bits per heavy atom. The van der Waals surface area contributed by atoms with Gasteiger partial charge in [0.1, 0.15) is 5.60 Å². The fourth-order valence-electron chi connectivity index (χ4n) is 2.50. The van der Waals surface area contributed by atoms with Crippen LogP contribution in [0.1, 0.15) is 44.7 Å². The predicted molar refractivity (Wildman–Crippen MR) is 82.4 cm³/mol. The Bertz CT molecular complexity index is 620. The van der Waals surface area contributed by atoms with Gasteiger partial charge in [0.2, 0.25) is 0 Å². The highest BCUT2D eigenvalue weighted by Gasteiger charge is 2.47. The molecule has 24 heavy (non-hydrogen) atoms. The molecule has 8 heteroatoms. The second-order valence-corrected chi connectivity index (χ2v) is 6.98. The van der Waals surface area contributed by atoms with Crippen molar-refractivity contribution in [2.75, 3.05) is 11.9 Å². The van der Waals surface area contributed by atoms with E-state index in [2.05, 4.69) is 5.32 Å². The van der Waals surface area contributed by atoms with Crippen molar-refractivity contribution < 1.29 is 27.5 Å². The SMILES string of the molecule is CC(C)(C)OC(=O)Nc1cc(C(F)(F)F)ccc1C1(CON)CC1. The lowest BCUT2D eigenvalue weighted by Crippen LogP contribution is -2.28. The molecule has 1 aromatic carbocycles. The van der Waals surface area contributed by atoms with E-state index in [1.165, 1.54) is 6.07 Å². The van der Waals surface area contributed by atoms with Gasteiger partial charge >= 0.3 is 12.3 Å². The van der Waals surface area contributed by atoms with Gasteiger partial charge in [-0.25, -0.2) is 10.7 Å². The average Bonchev–Trinajstić information content (AvgIpc) is 3.16. The molecule has 3 N–H and O–H groups in total. The second-order valence-electron chi connectivity index (χ2n) is 6.98. The predicted octanol–water partition coefficient (Wildman–Crippen LogP) is 3.97. The number of nitrogens with one attached hydrogen (secondary N) is 1. The monoisotopic (exact) mass is 346 g/mol.